The van der Waals surface area contributed by atoms with Crippen LogP contribution in [0, 0.1) is 3.57 Å². The molecule has 0 radical (unpaired) electrons. The molecule has 1 N–H and O–H groups in total. The van der Waals surface area contributed by atoms with Crippen molar-refractivity contribution >= 4 is 45.9 Å². The number of halogens is 1. The topological polar surface area (TPSA) is 93.4 Å². The first-order valence-electron chi connectivity index (χ1n) is 11.8. The highest BCUT2D eigenvalue weighted by Gasteiger charge is 2.35. The van der Waals surface area contributed by atoms with Crippen molar-refractivity contribution in [1.29, 1.82) is 0 Å². The summed E-state index contributed by atoms with van der Waals surface area (Å²) in [5.41, 5.74) is 2.17. The summed E-state index contributed by atoms with van der Waals surface area (Å²) in [6, 6.07) is 10.2. The molecule has 194 valence electrons. The number of carbonyl (C=O) groups is 1. The lowest BCUT2D eigenvalue weighted by atomic mass is 9.94. The molecule has 37 heavy (non-hydrogen) atoms. The average molecular weight is 634 g/mol. The first-order valence-corrected chi connectivity index (χ1v) is 13.7. The molecule has 2 heterocycles. The zero-order valence-corrected chi connectivity index (χ0v) is 24.2. The number of aromatic hydroxyl groups is 1. The van der Waals surface area contributed by atoms with E-state index in [9.17, 15) is 14.7 Å². The molecule has 0 saturated heterocycles. The molecule has 8 nitrogen and oxygen atoms in total. The van der Waals surface area contributed by atoms with Gasteiger partial charge in [-0.15, -0.1) is 0 Å². The van der Waals surface area contributed by atoms with E-state index in [0.29, 0.717) is 59.9 Å². The quantitative estimate of drug-likeness (QED) is 0.403. The molecule has 1 aliphatic rings. The van der Waals surface area contributed by atoms with Gasteiger partial charge in [0, 0.05) is 18.7 Å². The molecule has 1 aliphatic heterocycles. The maximum atomic E-state index is 13.9. The van der Waals surface area contributed by atoms with Crippen LogP contribution in [0.25, 0.3) is 6.08 Å². The van der Waals surface area contributed by atoms with Gasteiger partial charge in [-0.1, -0.05) is 29.5 Å². The molecule has 0 spiro atoms. The molecule has 10 heteroatoms. The van der Waals surface area contributed by atoms with Gasteiger partial charge in [0.05, 0.1) is 33.6 Å². The number of nitrogens with zero attached hydrogens (tertiary/aromatic N) is 3. The summed E-state index contributed by atoms with van der Waals surface area (Å²) in [4.78, 5) is 34.6. The van der Waals surface area contributed by atoms with Crippen LogP contribution >= 0.6 is 33.9 Å². The lowest BCUT2D eigenvalue weighted by molar-refractivity contribution is -0.127. The predicted molar refractivity (Wildman–Crippen MR) is 152 cm³/mol. The zero-order chi connectivity index (χ0) is 26.9. The molecule has 0 aliphatic carbocycles. The Labute approximate surface area is 232 Å². The number of thiazole rings is 1. The van der Waals surface area contributed by atoms with Crippen molar-refractivity contribution in [1.82, 2.24) is 9.47 Å². The highest BCUT2D eigenvalue weighted by Crippen LogP contribution is 2.36. The molecule has 4 rings (SSSR count). The summed E-state index contributed by atoms with van der Waals surface area (Å²) in [6.45, 7) is 6.74. The molecule has 0 unspecified atom stereocenters. The number of carbonyl (C=O) groups excluding carboxylic acids is 1. The predicted octanol–water partition coefficient (Wildman–Crippen LogP) is 3.43. The Bertz CT molecular complexity index is 1570. The van der Waals surface area contributed by atoms with Crippen LogP contribution in [-0.2, 0) is 4.79 Å². The van der Waals surface area contributed by atoms with Crippen molar-refractivity contribution in [3.05, 3.63) is 82.1 Å². The van der Waals surface area contributed by atoms with E-state index in [4.69, 9.17) is 14.5 Å². The summed E-state index contributed by atoms with van der Waals surface area (Å²) in [5.74, 6) is 0.794. The maximum absolute atomic E-state index is 13.9. The number of benzene rings is 2. The lowest BCUT2D eigenvalue weighted by Crippen LogP contribution is -2.43. The van der Waals surface area contributed by atoms with Crippen LogP contribution in [0.2, 0.25) is 0 Å². The summed E-state index contributed by atoms with van der Waals surface area (Å²) < 4.78 is 13.6. The minimum absolute atomic E-state index is 0.0491. The van der Waals surface area contributed by atoms with Gasteiger partial charge in [-0.2, -0.15) is 0 Å². The molecule has 0 fully saturated rings. The first kappa shape index (κ1) is 26.9. The second-order valence-electron chi connectivity index (χ2n) is 8.35. The number of rotatable bonds is 7. The number of ether oxygens (including phenoxy) is 2. The molecule has 1 aromatic heterocycles. The van der Waals surface area contributed by atoms with E-state index in [-0.39, 0.29) is 17.2 Å². The Balaban J connectivity index is 2.00. The van der Waals surface area contributed by atoms with Gasteiger partial charge in [0.1, 0.15) is 11.8 Å². The Morgan fingerprint density at radius 3 is 2.51 bits per heavy atom. The van der Waals surface area contributed by atoms with Crippen molar-refractivity contribution in [2.24, 2.45) is 4.99 Å². The number of amides is 1. The van der Waals surface area contributed by atoms with E-state index in [2.05, 4.69) is 0 Å². The van der Waals surface area contributed by atoms with E-state index >= 15 is 0 Å². The van der Waals surface area contributed by atoms with E-state index in [1.165, 1.54) is 18.4 Å². The fraction of sp³-hybridized carbons (Fsp3) is 0.296. The third-order valence-corrected chi connectivity index (χ3v) is 8.11. The number of phenols is 1. The van der Waals surface area contributed by atoms with E-state index in [0.717, 1.165) is 0 Å². The van der Waals surface area contributed by atoms with Crippen molar-refractivity contribution in [3.8, 4) is 17.2 Å². The van der Waals surface area contributed by atoms with Crippen LogP contribution in [0.5, 0.6) is 17.2 Å². The number of likely N-dealkylation sites (N-methyl/N-ethyl adjacent to an activating group) is 1. The fourth-order valence-electron chi connectivity index (χ4n) is 4.45. The second-order valence-corrected chi connectivity index (χ2v) is 10.5. The maximum Gasteiger partial charge on any atom is 0.271 e. The number of aromatic nitrogens is 1. The van der Waals surface area contributed by atoms with Crippen molar-refractivity contribution in [3.63, 3.8) is 0 Å². The highest BCUT2D eigenvalue weighted by molar-refractivity contribution is 14.1. The van der Waals surface area contributed by atoms with Gasteiger partial charge in [-0.25, -0.2) is 4.99 Å². The van der Waals surface area contributed by atoms with E-state index < -0.39 is 6.04 Å². The molecule has 3 aromatic rings. The van der Waals surface area contributed by atoms with Gasteiger partial charge in [0.25, 0.3) is 11.5 Å². The molecular weight excluding hydrogens is 605 g/mol. The third-order valence-electron chi connectivity index (χ3n) is 6.30. The summed E-state index contributed by atoms with van der Waals surface area (Å²) in [6.07, 6.45) is 1.75. The largest absolute Gasteiger partial charge is 0.504 e. The lowest BCUT2D eigenvalue weighted by Gasteiger charge is -2.29. The van der Waals surface area contributed by atoms with Crippen molar-refractivity contribution in [2.45, 2.75) is 26.8 Å². The van der Waals surface area contributed by atoms with Gasteiger partial charge in [0.2, 0.25) is 0 Å². The summed E-state index contributed by atoms with van der Waals surface area (Å²) >= 11 is 3.27. The molecule has 0 saturated carbocycles. The zero-order valence-electron chi connectivity index (χ0n) is 21.2. The molecule has 0 bridgehead atoms. The molecule has 1 atom stereocenters. The number of methoxy groups -OCH3 is 2. The Morgan fingerprint density at radius 2 is 1.86 bits per heavy atom. The Hall–Kier alpha value is -3.12. The normalized spacial score (nSPS) is 15.3. The smallest absolute Gasteiger partial charge is 0.271 e. The number of phenolic OH excluding ortho intramolecular Hbond substituents is 1. The van der Waals surface area contributed by atoms with Crippen LogP contribution in [0.15, 0.2) is 57.5 Å². The minimum Gasteiger partial charge on any atom is -0.504 e. The third kappa shape index (κ3) is 4.91. The van der Waals surface area contributed by atoms with Gasteiger partial charge in [0.15, 0.2) is 16.3 Å². The van der Waals surface area contributed by atoms with Crippen LogP contribution < -0.4 is 24.4 Å². The van der Waals surface area contributed by atoms with Gasteiger partial charge in [-0.3, -0.25) is 14.2 Å². The van der Waals surface area contributed by atoms with Crippen LogP contribution in [0.1, 0.15) is 37.9 Å². The van der Waals surface area contributed by atoms with E-state index in [1.807, 2.05) is 67.6 Å². The van der Waals surface area contributed by atoms with Gasteiger partial charge >= 0.3 is 0 Å². The fourth-order valence-corrected chi connectivity index (χ4v) is 6.12. The monoisotopic (exact) mass is 633 g/mol. The van der Waals surface area contributed by atoms with Gasteiger partial charge < -0.3 is 19.5 Å². The van der Waals surface area contributed by atoms with Crippen LogP contribution in [0.3, 0.4) is 0 Å². The molecular formula is C27H28IN3O5S. The van der Waals surface area contributed by atoms with Crippen molar-refractivity contribution < 1.29 is 19.4 Å². The van der Waals surface area contributed by atoms with Gasteiger partial charge in [-0.05, 0) is 73.2 Å². The minimum atomic E-state index is -0.697. The SMILES string of the molecule is CCN(CC)C(=O)C1=C(C)N=c2s/c(=C/c3cc(I)c(O)c(OC)c3)c(=O)n2[C@H]1c1ccccc1OC. The van der Waals surface area contributed by atoms with Crippen LogP contribution in [0.4, 0.5) is 0 Å². The first-order chi connectivity index (χ1) is 17.7. The standard InChI is InChI=1S/C27H28IN3O5S/c1-6-30(7-2)26(34)22-15(3)29-27-31(23(22)17-10-8-9-11-19(17)35-4)25(33)21(37-27)14-16-12-18(28)24(32)20(13-16)36-5/h8-14,23,32H,6-7H2,1-5H3/b21-14+/t23-/m0/s1. The number of para-hydroxylation sites is 1. The number of fused-ring (bicyclic) bond motifs is 1. The van der Waals surface area contributed by atoms with Crippen LogP contribution in [-0.4, -0.2) is 47.8 Å². The Morgan fingerprint density at radius 1 is 1.19 bits per heavy atom. The van der Waals surface area contributed by atoms with Crippen molar-refractivity contribution in [2.75, 3.05) is 27.3 Å². The number of hydrogen-bond acceptors (Lipinski definition) is 7. The molecule has 2 aromatic carbocycles. The summed E-state index contributed by atoms with van der Waals surface area (Å²) in [5, 5.41) is 10.2. The highest BCUT2D eigenvalue weighted by atomic mass is 127. The number of hydrogen-bond donors (Lipinski definition) is 1. The van der Waals surface area contributed by atoms with E-state index in [1.54, 1.807) is 34.8 Å². The average Bonchev–Trinajstić information content (AvgIpc) is 3.19. The second kappa shape index (κ2) is 11.1. The summed E-state index contributed by atoms with van der Waals surface area (Å²) in [7, 11) is 3.05. The molecule has 1 amide bonds. The number of allylic oxidation sites excluding steroid dienone is 1. The Kier molecular flexibility index (Phi) is 8.08.